The van der Waals surface area contributed by atoms with E-state index in [2.05, 4.69) is 16.8 Å². The zero-order valence-electron chi connectivity index (χ0n) is 10.5. The summed E-state index contributed by atoms with van der Waals surface area (Å²) < 4.78 is 5.32. The summed E-state index contributed by atoms with van der Waals surface area (Å²) in [4.78, 5) is 15.8. The van der Waals surface area contributed by atoms with Crippen LogP contribution in [0.2, 0.25) is 0 Å². The molecule has 5 heteroatoms. The molecule has 1 aromatic rings. The van der Waals surface area contributed by atoms with E-state index in [9.17, 15) is 4.79 Å². The first-order valence-corrected chi connectivity index (χ1v) is 6.18. The highest BCUT2D eigenvalue weighted by atomic mass is 16.3. The second kappa shape index (κ2) is 6.26. The van der Waals surface area contributed by atoms with Gasteiger partial charge in [-0.25, -0.2) is 4.79 Å². The van der Waals surface area contributed by atoms with Crippen molar-refractivity contribution in [3.8, 4) is 0 Å². The number of piperazine rings is 1. The van der Waals surface area contributed by atoms with Crippen LogP contribution in [0.15, 0.2) is 35.5 Å². The predicted octanol–water partition coefficient (Wildman–Crippen LogP) is 1.29. The minimum absolute atomic E-state index is 0.00690. The van der Waals surface area contributed by atoms with Crippen molar-refractivity contribution in [2.45, 2.75) is 6.54 Å². The van der Waals surface area contributed by atoms with Crippen molar-refractivity contribution in [1.82, 2.24) is 15.1 Å². The molecule has 0 atom stereocenters. The van der Waals surface area contributed by atoms with Gasteiger partial charge in [-0.3, -0.25) is 4.90 Å². The van der Waals surface area contributed by atoms with Gasteiger partial charge in [0.05, 0.1) is 12.8 Å². The van der Waals surface area contributed by atoms with Crippen molar-refractivity contribution in [1.29, 1.82) is 0 Å². The molecule has 1 aliphatic rings. The summed E-state index contributed by atoms with van der Waals surface area (Å²) in [6.07, 6.45) is 3.37. The average Bonchev–Trinajstić information content (AvgIpc) is 2.89. The fraction of sp³-hybridized carbons (Fsp3) is 0.462. The third-order valence-electron chi connectivity index (χ3n) is 3.02. The van der Waals surface area contributed by atoms with Crippen molar-refractivity contribution in [3.05, 3.63) is 36.8 Å². The van der Waals surface area contributed by atoms with Crippen molar-refractivity contribution in [2.75, 3.05) is 32.7 Å². The molecule has 2 heterocycles. The van der Waals surface area contributed by atoms with Crippen LogP contribution in [-0.4, -0.2) is 48.6 Å². The molecule has 0 saturated carbocycles. The second-order valence-electron chi connectivity index (χ2n) is 4.32. The minimum atomic E-state index is -0.00690. The van der Waals surface area contributed by atoms with Crippen LogP contribution in [0.3, 0.4) is 0 Å². The molecule has 1 aliphatic heterocycles. The van der Waals surface area contributed by atoms with E-state index in [1.165, 1.54) is 0 Å². The second-order valence-corrected chi connectivity index (χ2v) is 4.32. The molecule has 1 fully saturated rings. The molecule has 1 saturated heterocycles. The van der Waals surface area contributed by atoms with Crippen LogP contribution >= 0.6 is 0 Å². The van der Waals surface area contributed by atoms with Crippen LogP contribution in [0.5, 0.6) is 0 Å². The lowest BCUT2D eigenvalue weighted by Crippen LogP contribution is -2.51. The smallest absolute Gasteiger partial charge is 0.317 e. The van der Waals surface area contributed by atoms with E-state index in [0.29, 0.717) is 6.54 Å². The maximum absolute atomic E-state index is 11.7. The Labute approximate surface area is 107 Å². The van der Waals surface area contributed by atoms with Crippen LogP contribution in [0.4, 0.5) is 4.79 Å². The Bertz CT molecular complexity index is 381. The number of carbonyl (C=O) groups is 1. The van der Waals surface area contributed by atoms with Gasteiger partial charge in [0.1, 0.15) is 5.76 Å². The monoisotopic (exact) mass is 249 g/mol. The largest absolute Gasteiger partial charge is 0.468 e. The molecule has 0 spiro atoms. The Morgan fingerprint density at radius 2 is 2.22 bits per heavy atom. The lowest BCUT2D eigenvalue weighted by atomic mass is 10.3. The van der Waals surface area contributed by atoms with E-state index >= 15 is 0 Å². The maximum Gasteiger partial charge on any atom is 0.317 e. The summed E-state index contributed by atoms with van der Waals surface area (Å²) >= 11 is 0. The van der Waals surface area contributed by atoms with Crippen LogP contribution in [0, 0.1) is 0 Å². The third kappa shape index (κ3) is 3.37. The molecule has 1 aromatic heterocycles. The van der Waals surface area contributed by atoms with Gasteiger partial charge >= 0.3 is 6.03 Å². The van der Waals surface area contributed by atoms with E-state index < -0.39 is 0 Å². The molecule has 18 heavy (non-hydrogen) atoms. The van der Waals surface area contributed by atoms with Crippen molar-refractivity contribution < 1.29 is 9.21 Å². The summed E-state index contributed by atoms with van der Waals surface area (Å²) in [6, 6.07) is 3.87. The quantitative estimate of drug-likeness (QED) is 0.818. The minimum Gasteiger partial charge on any atom is -0.468 e. The molecule has 1 N–H and O–H groups in total. The molecule has 0 bridgehead atoms. The Kier molecular flexibility index (Phi) is 4.41. The number of nitrogens with zero attached hydrogens (tertiary/aromatic N) is 2. The number of urea groups is 1. The van der Waals surface area contributed by atoms with Crippen LogP contribution in [0.1, 0.15) is 5.76 Å². The lowest BCUT2D eigenvalue weighted by Gasteiger charge is -2.34. The standard InChI is InChI=1S/C13H19N3O2/c1-2-5-14-13(17)16-8-6-15(7-9-16)11-12-4-3-10-18-12/h2-4,10H,1,5-9,11H2,(H,14,17). The van der Waals surface area contributed by atoms with Gasteiger partial charge in [0.25, 0.3) is 0 Å². The zero-order valence-corrected chi connectivity index (χ0v) is 10.5. The van der Waals surface area contributed by atoms with Gasteiger partial charge in [-0.05, 0) is 12.1 Å². The number of hydrogen-bond acceptors (Lipinski definition) is 3. The van der Waals surface area contributed by atoms with Gasteiger partial charge < -0.3 is 14.6 Å². The van der Waals surface area contributed by atoms with Crippen LogP contribution in [-0.2, 0) is 6.54 Å². The first kappa shape index (κ1) is 12.7. The van der Waals surface area contributed by atoms with Gasteiger partial charge in [0.2, 0.25) is 0 Å². The Morgan fingerprint density at radius 1 is 1.44 bits per heavy atom. The Morgan fingerprint density at radius 3 is 2.83 bits per heavy atom. The van der Waals surface area contributed by atoms with E-state index in [0.717, 1.165) is 38.5 Å². The molecule has 5 nitrogen and oxygen atoms in total. The third-order valence-corrected chi connectivity index (χ3v) is 3.02. The number of amides is 2. The van der Waals surface area contributed by atoms with E-state index in [4.69, 9.17) is 4.42 Å². The average molecular weight is 249 g/mol. The number of nitrogens with one attached hydrogen (secondary N) is 1. The van der Waals surface area contributed by atoms with E-state index in [1.807, 2.05) is 17.0 Å². The molecular formula is C13H19N3O2. The summed E-state index contributed by atoms with van der Waals surface area (Å²) in [5, 5.41) is 2.79. The fourth-order valence-electron chi connectivity index (χ4n) is 2.00. The maximum atomic E-state index is 11.7. The summed E-state index contributed by atoms with van der Waals surface area (Å²) in [6.45, 7) is 8.18. The highest BCUT2D eigenvalue weighted by Gasteiger charge is 2.20. The molecule has 2 rings (SSSR count). The number of hydrogen-bond donors (Lipinski definition) is 1. The first-order chi connectivity index (χ1) is 8.79. The lowest BCUT2D eigenvalue weighted by molar-refractivity contribution is 0.130. The number of furan rings is 1. The van der Waals surface area contributed by atoms with Gasteiger partial charge in [-0.15, -0.1) is 6.58 Å². The summed E-state index contributed by atoms with van der Waals surface area (Å²) in [5.74, 6) is 0.972. The van der Waals surface area contributed by atoms with Crippen molar-refractivity contribution >= 4 is 6.03 Å². The molecule has 98 valence electrons. The van der Waals surface area contributed by atoms with Crippen LogP contribution < -0.4 is 5.32 Å². The van der Waals surface area contributed by atoms with E-state index in [-0.39, 0.29) is 6.03 Å². The van der Waals surface area contributed by atoms with Gasteiger partial charge in [-0.2, -0.15) is 0 Å². The molecule has 0 aromatic carbocycles. The van der Waals surface area contributed by atoms with Gasteiger partial charge in [-0.1, -0.05) is 6.08 Å². The molecule has 0 radical (unpaired) electrons. The number of rotatable bonds is 4. The van der Waals surface area contributed by atoms with Gasteiger partial charge in [0.15, 0.2) is 0 Å². The fourth-order valence-corrected chi connectivity index (χ4v) is 2.00. The Balaban J connectivity index is 1.74. The SMILES string of the molecule is C=CCNC(=O)N1CCN(Cc2ccco2)CC1. The topological polar surface area (TPSA) is 48.7 Å². The molecule has 2 amide bonds. The predicted molar refractivity (Wildman–Crippen MR) is 69.2 cm³/mol. The normalized spacial score (nSPS) is 16.6. The Hall–Kier alpha value is -1.75. The summed E-state index contributed by atoms with van der Waals surface area (Å²) in [7, 11) is 0. The van der Waals surface area contributed by atoms with Gasteiger partial charge in [0, 0.05) is 32.7 Å². The highest BCUT2D eigenvalue weighted by Crippen LogP contribution is 2.08. The molecule has 0 unspecified atom stereocenters. The summed E-state index contributed by atoms with van der Waals surface area (Å²) in [5.41, 5.74) is 0. The number of carbonyl (C=O) groups excluding carboxylic acids is 1. The zero-order chi connectivity index (χ0) is 12.8. The van der Waals surface area contributed by atoms with Crippen molar-refractivity contribution in [3.63, 3.8) is 0 Å². The van der Waals surface area contributed by atoms with Crippen LogP contribution in [0.25, 0.3) is 0 Å². The van der Waals surface area contributed by atoms with Crippen molar-refractivity contribution in [2.24, 2.45) is 0 Å². The van der Waals surface area contributed by atoms with E-state index in [1.54, 1.807) is 12.3 Å². The first-order valence-electron chi connectivity index (χ1n) is 6.18. The molecular weight excluding hydrogens is 230 g/mol. The molecule has 0 aliphatic carbocycles. The highest BCUT2D eigenvalue weighted by molar-refractivity contribution is 5.74.